The van der Waals surface area contributed by atoms with Crippen molar-refractivity contribution in [1.82, 2.24) is 9.97 Å². The zero-order valence-corrected chi connectivity index (χ0v) is 12.3. The van der Waals surface area contributed by atoms with Gasteiger partial charge in [-0.3, -0.25) is 0 Å². The third-order valence-corrected chi connectivity index (χ3v) is 4.87. The van der Waals surface area contributed by atoms with Crippen molar-refractivity contribution >= 4 is 54.3 Å². The number of thiazole rings is 2. The van der Waals surface area contributed by atoms with E-state index in [1.165, 1.54) is 22.7 Å². The van der Waals surface area contributed by atoms with E-state index in [1.54, 1.807) is 0 Å². The summed E-state index contributed by atoms with van der Waals surface area (Å²) in [5.41, 5.74) is 1.04. The maximum atomic E-state index is 8.93. The summed E-state index contributed by atoms with van der Waals surface area (Å²) in [6, 6.07) is 10.9. The molecule has 8 heteroatoms. The van der Waals surface area contributed by atoms with Crippen LogP contribution in [0.15, 0.2) is 12.1 Å². The normalized spacial score (nSPS) is 9.64. The molecule has 0 saturated carbocycles. The first-order valence-corrected chi connectivity index (χ1v) is 7.40. The Labute approximate surface area is 131 Å². The van der Waals surface area contributed by atoms with Crippen LogP contribution in [-0.4, -0.2) is 9.97 Å². The minimum absolute atomic E-state index is 0.0499. The SMILES string of the molecule is N#CC(C#N)=c1nc2c(ccc3sc(=C(C#N)C#N)nc32)s1. The molecule has 0 aliphatic carbocycles. The predicted molar refractivity (Wildman–Crippen MR) is 81.3 cm³/mol. The summed E-state index contributed by atoms with van der Waals surface area (Å²) in [5, 5.41) is 35.7. The summed E-state index contributed by atoms with van der Waals surface area (Å²) in [4.78, 5) is 8.63. The van der Waals surface area contributed by atoms with Gasteiger partial charge in [0.25, 0.3) is 0 Å². The highest BCUT2D eigenvalue weighted by Gasteiger charge is 2.11. The highest BCUT2D eigenvalue weighted by Crippen LogP contribution is 2.25. The van der Waals surface area contributed by atoms with Gasteiger partial charge in [-0.05, 0) is 12.1 Å². The molecule has 0 fully saturated rings. The smallest absolute Gasteiger partial charge is 0.165 e. The minimum Gasteiger partial charge on any atom is -0.232 e. The molecule has 3 aromatic rings. The molecule has 0 aliphatic rings. The average molecular weight is 318 g/mol. The molecule has 0 spiro atoms. The lowest BCUT2D eigenvalue weighted by molar-refractivity contribution is 1.37. The van der Waals surface area contributed by atoms with E-state index in [0.717, 1.165) is 9.40 Å². The second-order valence-corrected chi connectivity index (χ2v) is 6.06. The topological polar surface area (TPSA) is 121 Å². The lowest BCUT2D eigenvalue weighted by atomic mass is 10.3. The van der Waals surface area contributed by atoms with Crippen molar-refractivity contribution in [3.63, 3.8) is 0 Å². The quantitative estimate of drug-likeness (QED) is 0.616. The fourth-order valence-electron chi connectivity index (χ4n) is 1.84. The van der Waals surface area contributed by atoms with E-state index < -0.39 is 0 Å². The van der Waals surface area contributed by atoms with Crippen molar-refractivity contribution < 1.29 is 0 Å². The number of benzene rings is 1. The standard InChI is InChI=1S/C14H2N6S2/c15-3-7(4-16)13-19-11-9(21-13)1-2-10-12(11)20-14(22-10)8(5-17)6-18/h1-2H. The molecule has 6 nitrogen and oxygen atoms in total. The van der Waals surface area contributed by atoms with Gasteiger partial charge in [-0.25, -0.2) is 9.97 Å². The average Bonchev–Trinajstić information content (AvgIpc) is 3.13. The van der Waals surface area contributed by atoms with E-state index in [-0.39, 0.29) is 11.1 Å². The Hall–Kier alpha value is -3.30. The molecule has 0 aliphatic heterocycles. The van der Waals surface area contributed by atoms with Gasteiger partial charge in [0.2, 0.25) is 0 Å². The lowest BCUT2D eigenvalue weighted by Crippen LogP contribution is -2.02. The summed E-state index contributed by atoms with van der Waals surface area (Å²) < 4.78 is 2.26. The molecule has 1 aromatic carbocycles. The van der Waals surface area contributed by atoms with Gasteiger partial charge in [0.05, 0.1) is 9.40 Å². The highest BCUT2D eigenvalue weighted by atomic mass is 32.1. The zero-order valence-electron chi connectivity index (χ0n) is 10.7. The van der Waals surface area contributed by atoms with Gasteiger partial charge in [-0.2, -0.15) is 21.0 Å². The van der Waals surface area contributed by atoms with E-state index in [9.17, 15) is 0 Å². The molecule has 2 aromatic heterocycles. The molecule has 0 bridgehead atoms. The number of aromatic nitrogens is 2. The highest BCUT2D eigenvalue weighted by molar-refractivity contribution is 7.18. The van der Waals surface area contributed by atoms with Crippen molar-refractivity contribution in [2.75, 3.05) is 0 Å². The van der Waals surface area contributed by atoms with Gasteiger partial charge in [0, 0.05) is 0 Å². The number of hydrogen-bond donors (Lipinski definition) is 0. The molecule has 0 atom stereocenters. The van der Waals surface area contributed by atoms with Gasteiger partial charge in [-0.15, -0.1) is 22.7 Å². The molecule has 22 heavy (non-hydrogen) atoms. The Kier molecular flexibility index (Phi) is 3.26. The van der Waals surface area contributed by atoms with Gasteiger partial charge >= 0.3 is 0 Å². The summed E-state index contributed by atoms with van der Waals surface area (Å²) in [7, 11) is 0. The number of hydrogen-bond acceptors (Lipinski definition) is 8. The number of rotatable bonds is 0. The Morgan fingerprint density at radius 3 is 1.41 bits per heavy atom. The van der Waals surface area contributed by atoms with E-state index in [4.69, 9.17) is 21.0 Å². The van der Waals surface area contributed by atoms with Crippen LogP contribution in [0.1, 0.15) is 0 Å². The van der Waals surface area contributed by atoms with E-state index in [0.29, 0.717) is 20.4 Å². The van der Waals surface area contributed by atoms with Crippen LogP contribution < -0.4 is 9.33 Å². The van der Waals surface area contributed by atoms with Crippen LogP contribution in [0.2, 0.25) is 0 Å². The largest absolute Gasteiger partial charge is 0.232 e. The Bertz CT molecular complexity index is 1090. The lowest BCUT2D eigenvalue weighted by Gasteiger charge is -1.87. The van der Waals surface area contributed by atoms with Crippen LogP contribution in [0, 0.1) is 45.3 Å². The maximum Gasteiger partial charge on any atom is 0.165 e. The molecule has 2 heterocycles. The Balaban J connectivity index is 2.50. The molecule has 0 saturated heterocycles. The van der Waals surface area contributed by atoms with E-state index in [2.05, 4.69) is 9.97 Å². The van der Waals surface area contributed by atoms with Crippen molar-refractivity contribution in [3.8, 4) is 24.3 Å². The Morgan fingerprint density at radius 1 is 0.727 bits per heavy atom. The van der Waals surface area contributed by atoms with Gasteiger partial charge in [0.15, 0.2) is 11.1 Å². The monoisotopic (exact) mass is 318 g/mol. The van der Waals surface area contributed by atoms with Gasteiger partial charge < -0.3 is 0 Å². The number of nitriles is 4. The second-order valence-electron chi connectivity index (χ2n) is 3.99. The van der Waals surface area contributed by atoms with Crippen LogP contribution in [0.25, 0.3) is 31.6 Å². The fraction of sp³-hybridized carbons (Fsp3) is 0. The van der Waals surface area contributed by atoms with Crippen LogP contribution in [0.4, 0.5) is 0 Å². The summed E-state index contributed by atoms with van der Waals surface area (Å²) in [5.74, 6) is 0. The van der Waals surface area contributed by atoms with Gasteiger partial charge in [0.1, 0.15) is 44.6 Å². The van der Waals surface area contributed by atoms with Crippen LogP contribution in [-0.2, 0) is 0 Å². The maximum absolute atomic E-state index is 8.93. The minimum atomic E-state index is -0.0499. The third kappa shape index (κ3) is 1.97. The first kappa shape index (κ1) is 13.7. The molecule has 100 valence electrons. The third-order valence-electron chi connectivity index (χ3n) is 2.79. The molecule has 0 radical (unpaired) electrons. The van der Waals surface area contributed by atoms with Crippen LogP contribution in [0.5, 0.6) is 0 Å². The van der Waals surface area contributed by atoms with Crippen molar-refractivity contribution in [3.05, 3.63) is 21.5 Å². The summed E-state index contributed by atoms with van der Waals surface area (Å²) >= 11 is 2.47. The van der Waals surface area contributed by atoms with Crippen LogP contribution in [0.3, 0.4) is 0 Å². The molecule has 0 unspecified atom stereocenters. The van der Waals surface area contributed by atoms with Crippen molar-refractivity contribution in [2.24, 2.45) is 0 Å². The Morgan fingerprint density at radius 2 is 1.09 bits per heavy atom. The molecule has 3 rings (SSSR count). The number of fused-ring (bicyclic) bond motifs is 3. The second kappa shape index (κ2) is 5.24. The fourth-order valence-corrected chi connectivity index (χ4v) is 3.66. The van der Waals surface area contributed by atoms with E-state index >= 15 is 0 Å². The number of nitrogens with zero attached hydrogens (tertiary/aromatic N) is 6. The molecule has 0 amide bonds. The summed E-state index contributed by atoms with van der Waals surface area (Å²) in [6.45, 7) is 0. The molecular formula is C14H2N6S2. The zero-order chi connectivity index (χ0) is 15.7. The van der Waals surface area contributed by atoms with Crippen molar-refractivity contribution in [2.45, 2.75) is 0 Å². The molecular weight excluding hydrogens is 316 g/mol. The first-order valence-electron chi connectivity index (χ1n) is 5.77. The predicted octanol–water partition coefficient (Wildman–Crippen LogP) is 1.30. The summed E-state index contributed by atoms with van der Waals surface area (Å²) in [6.07, 6.45) is 0. The van der Waals surface area contributed by atoms with Crippen LogP contribution >= 0.6 is 22.7 Å². The van der Waals surface area contributed by atoms with Crippen molar-refractivity contribution in [1.29, 1.82) is 21.0 Å². The molecule has 0 N–H and O–H groups in total. The van der Waals surface area contributed by atoms with E-state index in [1.807, 2.05) is 36.4 Å². The first-order chi connectivity index (χ1) is 10.7. The van der Waals surface area contributed by atoms with Gasteiger partial charge in [-0.1, -0.05) is 0 Å².